The van der Waals surface area contributed by atoms with E-state index < -0.39 is 6.17 Å². The van der Waals surface area contributed by atoms with Gasteiger partial charge in [-0.1, -0.05) is 12.2 Å². The molecule has 0 spiro atoms. The summed E-state index contributed by atoms with van der Waals surface area (Å²) in [4.78, 5) is 0. The van der Waals surface area contributed by atoms with Gasteiger partial charge in [0.2, 0.25) is 0 Å². The molecular weight excluding hydrogens is 115 g/mol. The van der Waals surface area contributed by atoms with Crippen LogP contribution in [0.4, 0.5) is 4.39 Å². The molecule has 0 fully saturated rings. The fourth-order valence-electron chi connectivity index (χ4n) is 0.480. The largest absolute Gasteiger partial charge is 0.242 e. The number of alkyl halides is 1. The third-order valence-electron chi connectivity index (χ3n) is 1.06. The Balaban J connectivity index is 3.63. The Morgan fingerprint density at radius 2 is 1.89 bits per heavy atom. The van der Waals surface area contributed by atoms with Crippen molar-refractivity contribution in [3.8, 4) is 0 Å². The van der Waals surface area contributed by atoms with Gasteiger partial charge in [0.15, 0.2) is 0 Å². The molecule has 0 aliphatic heterocycles. The predicted octanol–water partition coefficient (Wildman–Crippen LogP) is 2.87. The Morgan fingerprint density at radius 1 is 1.44 bits per heavy atom. The molecule has 0 amide bonds. The van der Waals surface area contributed by atoms with E-state index in [2.05, 4.69) is 13.2 Å². The average Bonchev–Trinajstić information content (AvgIpc) is 1.63. The van der Waals surface area contributed by atoms with E-state index in [1.807, 2.05) is 6.92 Å². The number of halogens is 1. The van der Waals surface area contributed by atoms with Gasteiger partial charge in [-0.2, -0.15) is 0 Å². The lowest BCUT2D eigenvalue weighted by Gasteiger charge is -2.05. The molecule has 1 unspecified atom stereocenters. The molecule has 0 aromatic heterocycles. The number of hydrogen-bond acceptors (Lipinski definition) is 0. The van der Waals surface area contributed by atoms with Gasteiger partial charge in [-0.25, -0.2) is 4.39 Å². The molecule has 52 valence electrons. The topological polar surface area (TPSA) is 0 Å². The smallest absolute Gasteiger partial charge is 0.124 e. The summed E-state index contributed by atoms with van der Waals surface area (Å²) in [5.74, 6) is 0. The van der Waals surface area contributed by atoms with Gasteiger partial charge < -0.3 is 0 Å². The molecule has 0 rings (SSSR count). The van der Waals surface area contributed by atoms with Crippen molar-refractivity contribution in [2.75, 3.05) is 0 Å². The molecule has 0 aliphatic carbocycles. The van der Waals surface area contributed by atoms with Crippen LogP contribution in [0.2, 0.25) is 0 Å². The van der Waals surface area contributed by atoms with E-state index in [4.69, 9.17) is 0 Å². The normalized spacial score (nSPS) is 12.8. The maximum atomic E-state index is 12.6. The van der Waals surface area contributed by atoms with E-state index in [0.29, 0.717) is 12.0 Å². The van der Waals surface area contributed by atoms with Crippen molar-refractivity contribution in [1.82, 2.24) is 0 Å². The lowest BCUT2D eigenvalue weighted by Crippen LogP contribution is -2.00. The second kappa shape index (κ2) is 3.44. The molecule has 0 saturated carbocycles. The highest BCUT2D eigenvalue weighted by Crippen LogP contribution is 2.12. The quantitative estimate of drug-likeness (QED) is 0.513. The Kier molecular flexibility index (Phi) is 3.21. The summed E-state index contributed by atoms with van der Waals surface area (Å²) in [6.07, 6.45) is -0.488. The van der Waals surface area contributed by atoms with Gasteiger partial charge >= 0.3 is 0 Å². The first-order chi connectivity index (χ1) is 4.04. The molecule has 1 heteroatoms. The lowest BCUT2D eigenvalue weighted by molar-refractivity contribution is 0.380. The third-order valence-corrected chi connectivity index (χ3v) is 1.06. The van der Waals surface area contributed by atoms with Crippen LogP contribution in [0.3, 0.4) is 0 Å². The van der Waals surface area contributed by atoms with Crippen LogP contribution in [0, 0.1) is 0 Å². The molecule has 9 heavy (non-hydrogen) atoms. The summed E-state index contributed by atoms with van der Waals surface area (Å²) >= 11 is 0. The second-order valence-corrected chi connectivity index (χ2v) is 2.48. The maximum Gasteiger partial charge on any atom is 0.124 e. The minimum Gasteiger partial charge on any atom is -0.242 e. The van der Waals surface area contributed by atoms with Crippen LogP contribution in [-0.2, 0) is 0 Å². The summed E-state index contributed by atoms with van der Waals surface area (Å²) in [6, 6.07) is 0. The van der Waals surface area contributed by atoms with Crippen LogP contribution in [-0.4, -0.2) is 6.17 Å². The zero-order chi connectivity index (χ0) is 7.44. The monoisotopic (exact) mass is 128 g/mol. The van der Waals surface area contributed by atoms with Crippen LogP contribution in [0.25, 0.3) is 0 Å². The standard InChI is InChI=1S/C8H13F/c1-6(2)5-8(9)7(3)4/h8H,1,3,5H2,2,4H3. The van der Waals surface area contributed by atoms with Gasteiger partial charge in [0.05, 0.1) is 0 Å². The summed E-state index contributed by atoms with van der Waals surface area (Å²) in [5, 5.41) is 0. The van der Waals surface area contributed by atoms with E-state index in [0.717, 1.165) is 5.57 Å². The Hall–Kier alpha value is -0.590. The van der Waals surface area contributed by atoms with Crippen LogP contribution >= 0.6 is 0 Å². The number of rotatable bonds is 3. The molecule has 0 saturated heterocycles. The molecule has 1 atom stereocenters. The van der Waals surface area contributed by atoms with Crippen molar-refractivity contribution in [1.29, 1.82) is 0 Å². The van der Waals surface area contributed by atoms with Gasteiger partial charge in [-0.05, 0) is 19.4 Å². The molecule has 0 aromatic rings. The number of hydrogen-bond donors (Lipinski definition) is 0. The van der Waals surface area contributed by atoms with Crippen molar-refractivity contribution in [2.24, 2.45) is 0 Å². The molecule has 0 heterocycles. The molecular formula is C8H13F. The van der Waals surface area contributed by atoms with Crippen LogP contribution in [0.1, 0.15) is 20.3 Å². The molecule has 0 N–H and O–H groups in total. The van der Waals surface area contributed by atoms with E-state index in [1.165, 1.54) is 0 Å². The van der Waals surface area contributed by atoms with Gasteiger partial charge in [0, 0.05) is 6.42 Å². The van der Waals surface area contributed by atoms with Gasteiger partial charge in [-0.3, -0.25) is 0 Å². The molecule has 0 aliphatic rings. The Bertz CT molecular complexity index is 125. The Morgan fingerprint density at radius 3 is 2.00 bits per heavy atom. The van der Waals surface area contributed by atoms with Gasteiger partial charge in [-0.15, -0.1) is 6.58 Å². The lowest BCUT2D eigenvalue weighted by atomic mass is 10.1. The van der Waals surface area contributed by atoms with E-state index in [9.17, 15) is 4.39 Å². The van der Waals surface area contributed by atoms with Crippen molar-refractivity contribution in [3.63, 3.8) is 0 Å². The first-order valence-electron chi connectivity index (χ1n) is 2.98. The van der Waals surface area contributed by atoms with E-state index in [1.54, 1.807) is 6.92 Å². The van der Waals surface area contributed by atoms with Crippen LogP contribution in [0.5, 0.6) is 0 Å². The summed E-state index contributed by atoms with van der Waals surface area (Å²) in [7, 11) is 0. The Labute approximate surface area is 56.1 Å². The predicted molar refractivity (Wildman–Crippen MR) is 39.1 cm³/mol. The molecule has 0 bridgehead atoms. The van der Waals surface area contributed by atoms with Crippen molar-refractivity contribution in [2.45, 2.75) is 26.4 Å². The maximum absolute atomic E-state index is 12.6. The SMILES string of the molecule is C=C(C)CC(F)C(=C)C. The van der Waals surface area contributed by atoms with Crippen molar-refractivity contribution in [3.05, 3.63) is 24.3 Å². The summed E-state index contributed by atoms with van der Waals surface area (Å²) < 4.78 is 12.6. The minimum atomic E-state index is -0.900. The minimum absolute atomic E-state index is 0.412. The highest BCUT2D eigenvalue weighted by molar-refractivity contribution is 5.04. The van der Waals surface area contributed by atoms with Crippen LogP contribution in [0.15, 0.2) is 24.3 Å². The zero-order valence-corrected chi connectivity index (χ0v) is 6.08. The highest BCUT2D eigenvalue weighted by atomic mass is 19.1. The fraction of sp³-hybridized carbons (Fsp3) is 0.500. The van der Waals surface area contributed by atoms with Gasteiger partial charge in [0.1, 0.15) is 6.17 Å². The molecule has 0 aromatic carbocycles. The van der Waals surface area contributed by atoms with E-state index >= 15 is 0 Å². The molecule has 0 nitrogen and oxygen atoms in total. The van der Waals surface area contributed by atoms with Gasteiger partial charge in [0.25, 0.3) is 0 Å². The highest BCUT2D eigenvalue weighted by Gasteiger charge is 2.05. The second-order valence-electron chi connectivity index (χ2n) is 2.48. The first-order valence-corrected chi connectivity index (χ1v) is 2.98. The summed E-state index contributed by atoms with van der Waals surface area (Å²) in [5.41, 5.74) is 1.45. The van der Waals surface area contributed by atoms with Crippen molar-refractivity contribution >= 4 is 0 Å². The average molecular weight is 128 g/mol. The number of allylic oxidation sites excluding steroid dienone is 2. The van der Waals surface area contributed by atoms with Crippen molar-refractivity contribution < 1.29 is 4.39 Å². The van der Waals surface area contributed by atoms with Crippen LogP contribution < -0.4 is 0 Å². The first kappa shape index (κ1) is 8.41. The zero-order valence-electron chi connectivity index (χ0n) is 6.08. The third kappa shape index (κ3) is 3.95. The van der Waals surface area contributed by atoms with E-state index in [-0.39, 0.29) is 0 Å². The fourth-order valence-corrected chi connectivity index (χ4v) is 0.480. The summed E-state index contributed by atoms with van der Waals surface area (Å²) in [6.45, 7) is 10.6. The molecule has 0 radical (unpaired) electrons.